The lowest BCUT2D eigenvalue weighted by Gasteiger charge is -2.04. The molecule has 0 aromatic carbocycles. The quantitative estimate of drug-likeness (QED) is 0.845. The third-order valence-electron chi connectivity index (χ3n) is 2.18. The highest BCUT2D eigenvalue weighted by molar-refractivity contribution is 5.28. The smallest absolute Gasteiger partial charge is 0.223 e. The molecule has 84 valence electrons. The van der Waals surface area contributed by atoms with Gasteiger partial charge in [0, 0.05) is 24.6 Å². The predicted molar refractivity (Wildman–Crippen MR) is 62.0 cm³/mol. The monoisotopic (exact) mass is 217 g/mol. The summed E-state index contributed by atoms with van der Waals surface area (Å²) < 4.78 is 1.78. The van der Waals surface area contributed by atoms with Crippen LogP contribution in [0.1, 0.15) is 17.1 Å². The summed E-state index contributed by atoms with van der Waals surface area (Å²) in [5.41, 5.74) is 2.91. The Labute approximate surface area is 94.5 Å². The van der Waals surface area contributed by atoms with E-state index in [1.54, 1.807) is 4.68 Å². The molecule has 0 aliphatic rings. The summed E-state index contributed by atoms with van der Waals surface area (Å²) >= 11 is 0. The molecule has 0 saturated carbocycles. The summed E-state index contributed by atoms with van der Waals surface area (Å²) in [5.74, 6) is 0.656. The van der Waals surface area contributed by atoms with Gasteiger partial charge in [0.05, 0.1) is 12.2 Å². The van der Waals surface area contributed by atoms with E-state index >= 15 is 0 Å². The van der Waals surface area contributed by atoms with E-state index < -0.39 is 0 Å². The maximum Gasteiger partial charge on any atom is 0.223 e. The Kier molecular flexibility index (Phi) is 2.85. The molecule has 5 nitrogen and oxygen atoms in total. The van der Waals surface area contributed by atoms with Gasteiger partial charge in [0.2, 0.25) is 5.95 Å². The molecule has 2 aromatic heterocycles. The standard InChI is InChI=1S/C11H15N5/c1-8-6-9(2)14-11(13-8)12-7-10-4-5-16(3)15-10/h4-6H,7H2,1-3H3,(H,12,13,14). The predicted octanol–water partition coefficient (Wildman–Crippen LogP) is 1.44. The topological polar surface area (TPSA) is 55.6 Å². The third-order valence-corrected chi connectivity index (χ3v) is 2.18. The van der Waals surface area contributed by atoms with Crippen LogP contribution >= 0.6 is 0 Å². The fourth-order valence-electron chi connectivity index (χ4n) is 1.53. The minimum Gasteiger partial charge on any atom is -0.348 e. The van der Waals surface area contributed by atoms with Crippen LogP contribution in [0.3, 0.4) is 0 Å². The van der Waals surface area contributed by atoms with Crippen LogP contribution in [-0.4, -0.2) is 19.7 Å². The maximum absolute atomic E-state index is 4.30. The normalized spacial score (nSPS) is 10.4. The van der Waals surface area contributed by atoms with E-state index in [4.69, 9.17) is 0 Å². The Hall–Kier alpha value is -1.91. The molecule has 2 rings (SSSR count). The van der Waals surface area contributed by atoms with Gasteiger partial charge in [-0.3, -0.25) is 4.68 Å². The van der Waals surface area contributed by atoms with E-state index in [2.05, 4.69) is 20.4 Å². The molecular formula is C11H15N5. The molecule has 0 bridgehead atoms. The third kappa shape index (κ3) is 2.56. The van der Waals surface area contributed by atoms with Crippen molar-refractivity contribution in [2.45, 2.75) is 20.4 Å². The van der Waals surface area contributed by atoms with Crippen molar-refractivity contribution in [3.63, 3.8) is 0 Å². The highest BCUT2D eigenvalue weighted by atomic mass is 15.3. The minimum absolute atomic E-state index is 0.643. The molecule has 0 saturated heterocycles. The Morgan fingerprint density at radius 2 is 1.94 bits per heavy atom. The second-order valence-corrected chi connectivity index (χ2v) is 3.81. The van der Waals surface area contributed by atoms with E-state index in [1.165, 1.54) is 0 Å². The molecule has 0 amide bonds. The average molecular weight is 217 g/mol. The Bertz CT molecular complexity index is 469. The van der Waals surface area contributed by atoms with Crippen LogP contribution in [0.25, 0.3) is 0 Å². The van der Waals surface area contributed by atoms with Gasteiger partial charge in [-0.15, -0.1) is 0 Å². The van der Waals surface area contributed by atoms with Crippen molar-refractivity contribution < 1.29 is 0 Å². The van der Waals surface area contributed by atoms with Crippen molar-refractivity contribution in [3.8, 4) is 0 Å². The molecule has 2 heterocycles. The van der Waals surface area contributed by atoms with Crippen LogP contribution in [0, 0.1) is 13.8 Å². The first-order chi connectivity index (χ1) is 7.63. The molecule has 0 fully saturated rings. The lowest BCUT2D eigenvalue weighted by molar-refractivity contribution is 0.746. The molecule has 16 heavy (non-hydrogen) atoms. The molecular weight excluding hydrogens is 202 g/mol. The highest BCUT2D eigenvalue weighted by Crippen LogP contribution is 2.05. The number of anilines is 1. The van der Waals surface area contributed by atoms with Crippen LogP contribution in [0.15, 0.2) is 18.3 Å². The SMILES string of the molecule is Cc1cc(C)nc(NCc2ccn(C)n2)n1. The summed E-state index contributed by atoms with van der Waals surface area (Å²) in [6, 6.07) is 3.92. The average Bonchev–Trinajstić information content (AvgIpc) is 2.60. The first kappa shape index (κ1) is 10.6. The van der Waals surface area contributed by atoms with Crippen molar-refractivity contribution >= 4 is 5.95 Å². The summed E-state index contributed by atoms with van der Waals surface area (Å²) in [6.45, 7) is 4.56. The van der Waals surface area contributed by atoms with Gasteiger partial charge in [-0.25, -0.2) is 9.97 Å². The largest absolute Gasteiger partial charge is 0.348 e. The zero-order valence-electron chi connectivity index (χ0n) is 9.73. The van der Waals surface area contributed by atoms with Gasteiger partial charge in [0.1, 0.15) is 0 Å². The molecule has 0 unspecified atom stereocenters. The fraction of sp³-hybridized carbons (Fsp3) is 0.364. The van der Waals surface area contributed by atoms with E-state index in [9.17, 15) is 0 Å². The molecule has 0 spiro atoms. The molecule has 0 atom stereocenters. The summed E-state index contributed by atoms with van der Waals surface area (Å²) in [6.07, 6.45) is 1.92. The van der Waals surface area contributed by atoms with Crippen molar-refractivity contribution in [1.82, 2.24) is 19.7 Å². The highest BCUT2D eigenvalue weighted by Gasteiger charge is 2.00. The van der Waals surface area contributed by atoms with Crippen molar-refractivity contribution in [1.29, 1.82) is 0 Å². The molecule has 0 aliphatic heterocycles. The zero-order valence-corrected chi connectivity index (χ0v) is 9.73. The number of hydrogen-bond donors (Lipinski definition) is 1. The summed E-state index contributed by atoms with van der Waals surface area (Å²) in [5, 5.41) is 7.43. The van der Waals surface area contributed by atoms with Gasteiger partial charge in [-0.05, 0) is 26.0 Å². The number of nitrogens with one attached hydrogen (secondary N) is 1. The Morgan fingerprint density at radius 1 is 1.25 bits per heavy atom. The van der Waals surface area contributed by atoms with Gasteiger partial charge in [0.25, 0.3) is 0 Å². The number of nitrogens with zero attached hydrogens (tertiary/aromatic N) is 4. The van der Waals surface area contributed by atoms with Crippen LogP contribution in [-0.2, 0) is 13.6 Å². The van der Waals surface area contributed by atoms with Gasteiger partial charge in [-0.1, -0.05) is 0 Å². The lowest BCUT2D eigenvalue weighted by Crippen LogP contribution is -2.06. The van der Waals surface area contributed by atoms with Crippen molar-refractivity contribution in [2.75, 3.05) is 5.32 Å². The van der Waals surface area contributed by atoms with Crippen LogP contribution in [0.2, 0.25) is 0 Å². The van der Waals surface area contributed by atoms with Gasteiger partial charge >= 0.3 is 0 Å². The van der Waals surface area contributed by atoms with E-state index in [0.717, 1.165) is 17.1 Å². The lowest BCUT2D eigenvalue weighted by atomic mass is 10.3. The molecule has 2 aromatic rings. The fourth-order valence-corrected chi connectivity index (χ4v) is 1.53. The molecule has 1 N–H and O–H groups in total. The van der Waals surface area contributed by atoms with E-state index in [-0.39, 0.29) is 0 Å². The minimum atomic E-state index is 0.643. The van der Waals surface area contributed by atoms with Gasteiger partial charge < -0.3 is 5.32 Å². The summed E-state index contributed by atoms with van der Waals surface area (Å²) in [7, 11) is 1.90. The second-order valence-electron chi connectivity index (χ2n) is 3.81. The number of rotatable bonds is 3. The van der Waals surface area contributed by atoms with Crippen LogP contribution < -0.4 is 5.32 Å². The Balaban J connectivity index is 2.04. The number of aromatic nitrogens is 4. The van der Waals surface area contributed by atoms with Crippen molar-refractivity contribution in [2.24, 2.45) is 7.05 Å². The van der Waals surface area contributed by atoms with Crippen molar-refractivity contribution in [3.05, 3.63) is 35.4 Å². The number of hydrogen-bond acceptors (Lipinski definition) is 4. The van der Waals surface area contributed by atoms with Gasteiger partial charge in [0.15, 0.2) is 0 Å². The first-order valence-electron chi connectivity index (χ1n) is 5.18. The van der Waals surface area contributed by atoms with Crippen LogP contribution in [0.5, 0.6) is 0 Å². The molecule has 0 aliphatic carbocycles. The molecule has 0 radical (unpaired) electrons. The van der Waals surface area contributed by atoms with Crippen LogP contribution in [0.4, 0.5) is 5.95 Å². The van der Waals surface area contributed by atoms with E-state index in [0.29, 0.717) is 12.5 Å². The maximum atomic E-state index is 4.30. The van der Waals surface area contributed by atoms with E-state index in [1.807, 2.05) is 39.2 Å². The van der Waals surface area contributed by atoms with Gasteiger partial charge in [-0.2, -0.15) is 5.10 Å². The number of aryl methyl sites for hydroxylation is 3. The molecule has 5 heteroatoms. The zero-order chi connectivity index (χ0) is 11.5. The second kappa shape index (κ2) is 4.30. The Morgan fingerprint density at radius 3 is 2.50 bits per heavy atom. The first-order valence-corrected chi connectivity index (χ1v) is 5.18. The summed E-state index contributed by atoms with van der Waals surface area (Å²) in [4.78, 5) is 8.60.